The zero-order chi connectivity index (χ0) is 21.3. The van der Waals surface area contributed by atoms with E-state index in [1.165, 1.54) is 0 Å². The molecule has 1 heterocycles. The van der Waals surface area contributed by atoms with E-state index in [9.17, 15) is 0 Å². The number of hydrogen-bond donors (Lipinski definition) is 0. The van der Waals surface area contributed by atoms with Gasteiger partial charge in [0.1, 0.15) is 11.4 Å². The van der Waals surface area contributed by atoms with Crippen molar-refractivity contribution in [3.63, 3.8) is 0 Å². The van der Waals surface area contributed by atoms with E-state index in [1.54, 1.807) is 7.11 Å². The van der Waals surface area contributed by atoms with Crippen LogP contribution in [-0.2, 0) is 9.31 Å². The molecule has 152 valence electrons. The first kappa shape index (κ1) is 20.6. The molecule has 0 saturated carbocycles. The monoisotopic (exact) mass is 463 g/mol. The molecule has 4 nitrogen and oxygen atoms in total. The maximum Gasteiger partial charge on any atom is 0.563 e. The fourth-order valence-corrected chi connectivity index (χ4v) is 3.58. The molecule has 1 aliphatic rings. The van der Waals surface area contributed by atoms with Crippen LogP contribution < -0.4 is 15.1 Å². The predicted molar refractivity (Wildman–Crippen MR) is 126 cm³/mol. The van der Waals surface area contributed by atoms with E-state index in [0.29, 0.717) is 5.76 Å². The summed E-state index contributed by atoms with van der Waals surface area (Å²) >= 11 is 3.52. The van der Waals surface area contributed by atoms with Crippen molar-refractivity contribution in [3.8, 4) is 5.75 Å². The second kappa shape index (κ2) is 8.21. The minimum absolute atomic E-state index is 0.441. The average molecular weight is 464 g/mol. The summed E-state index contributed by atoms with van der Waals surface area (Å²) in [5, 5.41) is 0. The predicted octanol–water partition coefficient (Wildman–Crippen LogP) is 5.96. The first-order valence-corrected chi connectivity index (χ1v) is 10.5. The van der Waals surface area contributed by atoms with E-state index < -0.39 is 12.7 Å². The topological polar surface area (TPSA) is 30.9 Å². The van der Waals surface area contributed by atoms with Gasteiger partial charge in [-0.1, -0.05) is 34.6 Å². The molecule has 3 aromatic rings. The SMILES string of the molecule is C=C1OB(c2ccc(N(c3ccc(Br)cc3)c3ccc(OC)cc3)cc2)OC1(C)C. The van der Waals surface area contributed by atoms with Crippen LogP contribution in [0, 0.1) is 0 Å². The Kier molecular flexibility index (Phi) is 5.63. The number of benzene rings is 3. The third kappa shape index (κ3) is 4.11. The molecule has 0 spiro atoms. The molecule has 1 aliphatic heterocycles. The molecule has 0 amide bonds. The highest BCUT2D eigenvalue weighted by Gasteiger charge is 2.42. The van der Waals surface area contributed by atoms with E-state index in [1.807, 2.05) is 62.4 Å². The van der Waals surface area contributed by atoms with Crippen LogP contribution in [0.15, 0.2) is 89.6 Å². The van der Waals surface area contributed by atoms with Crippen molar-refractivity contribution in [1.29, 1.82) is 0 Å². The molecule has 0 unspecified atom stereocenters. The molecule has 1 saturated heterocycles. The lowest BCUT2D eigenvalue weighted by Gasteiger charge is -2.26. The molecule has 0 bridgehead atoms. The largest absolute Gasteiger partial charge is 0.563 e. The number of anilines is 3. The van der Waals surface area contributed by atoms with Crippen molar-refractivity contribution in [2.24, 2.45) is 0 Å². The molecule has 1 fully saturated rings. The first-order valence-electron chi connectivity index (χ1n) is 9.71. The summed E-state index contributed by atoms with van der Waals surface area (Å²) in [4.78, 5) is 2.19. The maximum atomic E-state index is 6.00. The highest BCUT2D eigenvalue weighted by atomic mass is 79.9. The van der Waals surface area contributed by atoms with Gasteiger partial charge >= 0.3 is 7.12 Å². The summed E-state index contributed by atoms with van der Waals surface area (Å²) in [5.74, 6) is 1.47. The Labute approximate surface area is 186 Å². The van der Waals surface area contributed by atoms with Crippen LogP contribution in [0.5, 0.6) is 5.75 Å². The third-order valence-corrected chi connectivity index (χ3v) is 5.69. The Morgan fingerprint density at radius 3 is 1.83 bits per heavy atom. The third-order valence-electron chi connectivity index (χ3n) is 5.16. The van der Waals surface area contributed by atoms with Crippen molar-refractivity contribution >= 4 is 45.6 Å². The number of hydrogen-bond acceptors (Lipinski definition) is 4. The van der Waals surface area contributed by atoms with Crippen LogP contribution in [0.3, 0.4) is 0 Å². The Morgan fingerprint density at radius 1 is 0.867 bits per heavy atom. The quantitative estimate of drug-likeness (QED) is 0.436. The molecular formula is C24H23BBrNO3. The van der Waals surface area contributed by atoms with Crippen molar-refractivity contribution in [3.05, 3.63) is 89.6 Å². The fourth-order valence-electron chi connectivity index (χ4n) is 3.31. The summed E-state index contributed by atoms with van der Waals surface area (Å²) < 4.78 is 18.2. The molecule has 0 aromatic heterocycles. The standard InChI is InChI=1S/C24H23BBrNO3/c1-17-24(2,3)30-25(29-17)18-5-9-20(10-6-18)27(21-11-7-19(26)8-12-21)22-13-15-23(28-4)16-14-22/h5-16H,1H2,2-4H3. The Hall–Kier alpha value is -2.70. The van der Waals surface area contributed by atoms with Gasteiger partial charge in [-0.15, -0.1) is 0 Å². The first-order chi connectivity index (χ1) is 14.4. The molecule has 0 atom stereocenters. The normalized spacial score (nSPS) is 15.1. The van der Waals surface area contributed by atoms with E-state index >= 15 is 0 Å². The molecule has 4 rings (SSSR count). The summed E-state index contributed by atoms with van der Waals surface area (Å²) in [6.07, 6.45) is 0. The van der Waals surface area contributed by atoms with E-state index in [2.05, 4.69) is 51.7 Å². The highest BCUT2D eigenvalue weighted by molar-refractivity contribution is 9.10. The van der Waals surface area contributed by atoms with Crippen LogP contribution in [0.25, 0.3) is 0 Å². The molecule has 6 heteroatoms. The minimum Gasteiger partial charge on any atom is -0.534 e. The van der Waals surface area contributed by atoms with E-state index in [4.69, 9.17) is 14.0 Å². The zero-order valence-electron chi connectivity index (χ0n) is 17.3. The lowest BCUT2D eigenvalue weighted by atomic mass is 9.79. The van der Waals surface area contributed by atoms with Crippen LogP contribution in [0.1, 0.15) is 13.8 Å². The van der Waals surface area contributed by atoms with Crippen molar-refractivity contribution in [2.75, 3.05) is 12.0 Å². The molecule has 30 heavy (non-hydrogen) atoms. The van der Waals surface area contributed by atoms with Crippen molar-refractivity contribution < 1.29 is 14.0 Å². The van der Waals surface area contributed by atoms with Gasteiger partial charge < -0.3 is 18.9 Å². The van der Waals surface area contributed by atoms with E-state index in [-0.39, 0.29) is 0 Å². The molecular weight excluding hydrogens is 441 g/mol. The Bertz CT molecular complexity index is 1030. The van der Waals surface area contributed by atoms with Gasteiger partial charge in [0.05, 0.1) is 12.9 Å². The van der Waals surface area contributed by atoms with Gasteiger partial charge in [0.25, 0.3) is 0 Å². The number of rotatable bonds is 5. The smallest absolute Gasteiger partial charge is 0.534 e. The lowest BCUT2D eigenvalue weighted by molar-refractivity contribution is 0.173. The molecule has 0 aliphatic carbocycles. The fraction of sp³-hybridized carbons (Fsp3) is 0.167. The van der Waals surface area contributed by atoms with Gasteiger partial charge in [-0.3, -0.25) is 0 Å². The summed E-state index contributed by atoms with van der Waals surface area (Å²) in [5.41, 5.74) is 3.58. The number of ether oxygens (including phenoxy) is 1. The van der Waals surface area contributed by atoms with Crippen molar-refractivity contribution in [2.45, 2.75) is 19.4 Å². The van der Waals surface area contributed by atoms with Crippen LogP contribution in [0.4, 0.5) is 17.1 Å². The van der Waals surface area contributed by atoms with Gasteiger partial charge in [-0.2, -0.15) is 0 Å². The summed E-state index contributed by atoms with van der Waals surface area (Å²) in [6, 6.07) is 24.5. The molecule has 3 aromatic carbocycles. The molecule has 0 N–H and O–H groups in total. The summed E-state index contributed by atoms with van der Waals surface area (Å²) in [6.45, 7) is 7.88. The van der Waals surface area contributed by atoms with Crippen molar-refractivity contribution in [1.82, 2.24) is 0 Å². The second-order valence-electron chi connectivity index (χ2n) is 7.60. The lowest BCUT2D eigenvalue weighted by Crippen LogP contribution is -2.34. The van der Waals surface area contributed by atoms with Gasteiger partial charge in [0, 0.05) is 21.5 Å². The second-order valence-corrected chi connectivity index (χ2v) is 8.52. The maximum absolute atomic E-state index is 6.00. The van der Waals surface area contributed by atoms with Gasteiger partial charge in [0.2, 0.25) is 0 Å². The number of nitrogens with zero attached hydrogens (tertiary/aromatic N) is 1. The zero-order valence-corrected chi connectivity index (χ0v) is 18.8. The van der Waals surface area contributed by atoms with Gasteiger partial charge in [-0.25, -0.2) is 0 Å². The Balaban J connectivity index is 1.68. The minimum atomic E-state index is -0.490. The Morgan fingerprint density at radius 2 is 1.37 bits per heavy atom. The molecule has 0 radical (unpaired) electrons. The average Bonchev–Trinajstić information content (AvgIpc) is 3.03. The number of methoxy groups -OCH3 is 1. The van der Waals surface area contributed by atoms with Gasteiger partial charge in [0.15, 0.2) is 0 Å². The van der Waals surface area contributed by atoms with Gasteiger partial charge in [-0.05, 0) is 80.0 Å². The highest BCUT2D eigenvalue weighted by Crippen LogP contribution is 2.36. The van der Waals surface area contributed by atoms with Crippen LogP contribution in [0.2, 0.25) is 0 Å². The number of halogens is 1. The van der Waals surface area contributed by atoms with Crippen LogP contribution in [-0.4, -0.2) is 19.8 Å². The summed E-state index contributed by atoms with van der Waals surface area (Å²) in [7, 11) is 1.23. The van der Waals surface area contributed by atoms with Crippen LogP contribution >= 0.6 is 15.9 Å². The van der Waals surface area contributed by atoms with E-state index in [0.717, 1.165) is 32.7 Å².